The predicted molar refractivity (Wildman–Crippen MR) is 89.8 cm³/mol. The first kappa shape index (κ1) is 16.3. The SMILES string of the molecule is CC1=C(C#N)C(c2ccc3[nH]ncc3c2)C(C#N)=C(C)N1CC(=O)O. The van der Waals surface area contributed by atoms with Crippen LogP contribution in [-0.4, -0.2) is 32.7 Å². The maximum Gasteiger partial charge on any atom is 0.323 e. The zero-order valence-corrected chi connectivity index (χ0v) is 13.7. The summed E-state index contributed by atoms with van der Waals surface area (Å²) in [6.45, 7) is 3.13. The first-order valence-corrected chi connectivity index (χ1v) is 7.62. The number of hydrogen-bond donors (Lipinski definition) is 2. The van der Waals surface area contributed by atoms with Crippen LogP contribution >= 0.6 is 0 Å². The van der Waals surface area contributed by atoms with Crippen molar-refractivity contribution in [1.29, 1.82) is 10.5 Å². The minimum absolute atomic E-state index is 0.290. The van der Waals surface area contributed by atoms with Crippen molar-refractivity contribution in [3.05, 3.63) is 52.5 Å². The van der Waals surface area contributed by atoms with Gasteiger partial charge in [-0.1, -0.05) is 6.07 Å². The molecule has 0 saturated carbocycles. The molecule has 2 heterocycles. The number of nitrogens with zero attached hydrogens (tertiary/aromatic N) is 4. The molecule has 1 aromatic heterocycles. The van der Waals surface area contributed by atoms with Crippen LogP contribution in [0.2, 0.25) is 0 Å². The number of aromatic amines is 1. The largest absolute Gasteiger partial charge is 0.480 e. The number of aliphatic carboxylic acids is 1. The number of benzene rings is 1. The summed E-state index contributed by atoms with van der Waals surface area (Å²) in [5.74, 6) is -1.54. The van der Waals surface area contributed by atoms with Crippen LogP contribution in [0.15, 0.2) is 46.9 Å². The third-order valence-corrected chi connectivity index (χ3v) is 4.50. The summed E-state index contributed by atoms with van der Waals surface area (Å²) in [6, 6.07) is 9.94. The number of nitriles is 2. The number of nitrogens with one attached hydrogen (secondary N) is 1. The summed E-state index contributed by atoms with van der Waals surface area (Å²) >= 11 is 0. The Morgan fingerprint density at radius 3 is 2.48 bits per heavy atom. The molecule has 7 nitrogen and oxygen atoms in total. The summed E-state index contributed by atoms with van der Waals surface area (Å²) in [5.41, 5.74) is 3.54. The first-order valence-electron chi connectivity index (χ1n) is 7.62. The maximum atomic E-state index is 11.2. The third kappa shape index (κ3) is 2.62. The molecule has 2 N–H and O–H groups in total. The van der Waals surface area contributed by atoms with E-state index in [0.717, 1.165) is 16.5 Å². The van der Waals surface area contributed by atoms with Gasteiger partial charge in [0, 0.05) is 16.8 Å². The second kappa shape index (κ2) is 6.14. The number of carboxylic acid groups (broad SMARTS) is 1. The van der Waals surface area contributed by atoms with Crippen molar-refractivity contribution in [2.75, 3.05) is 6.54 Å². The molecule has 7 heteroatoms. The van der Waals surface area contributed by atoms with Gasteiger partial charge in [0.05, 0.1) is 40.9 Å². The Hall–Kier alpha value is -3.58. The Balaban J connectivity index is 2.20. The van der Waals surface area contributed by atoms with E-state index in [2.05, 4.69) is 22.3 Å². The molecule has 1 aromatic carbocycles. The number of carbonyl (C=O) groups is 1. The molecular formula is C18H15N5O2. The average molecular weight is 333 g/mol. The van der Waals surface area contributed by atoms with E-state index in [1.807, 2.05) is 18.2 Å². The van der Waals surface area contributed by atoms with Crippen molar-refractivity contribution >= 4 is 16.9 Å². The van der Waals surface area contributed by atoms with E-state index in [9.17, 15) is 15.3 Å². The zero-order chi connectivity index (χ0) is 18.1. The van der Waals surface area contributed by atoms with Crippen LogP contribution < -0.4 is 0 Å². The molecule has 0 spiro atoms. The molecule has 2 aromatic rings. The van der Waals surface area contributed by atoms with Gasteiger partial charge >= 0.3 is 5.97 Å². The molecule has 0 amide bonds. The van der Waals surface area contributed by atoms with Crippen LogP contribution in [0.3, 0.4) is 0 Å². The predicted octanol–water partition coefficient (Wildman–Crippen LogP) is 2.64. The summed E-state index contributed by atoms with van der Waals surface area (Å²) < 4.78 is 0. The lowest BCUT2D eigenvalue weighted by molar-refractivity contribution is -0.137. The van der Waals surface area contributed by atoms with Crippen LogP contribution in [0.1, 0.15) is 25.3 Å². The number of rotatable bonds is 3. The highest BCUT2D eigenvalue weighted by atomic mass is 16.4. The van der Waals surface area contributed by atoms with Gasteiger partial charge in [-0.2, -0.15) is 15.6 Å². The topological polar surface area (TPSA) is 117 Å². The molecule has 0 fully saturated rings. The standard InChI is InChI=1S/C18H15N5O2/c1-10-14(6-19)18(12-3-4-16-13(5-12)8-21-22-16)15(7-20)11(2)23(10)9-17(24)25/h3-5,8,18H,9H2,1-2H3,(H,21,22)(H,24,25). The number of allylic oxidation sites excluding steroid dienone is 4. The molecule has 1 aliphatic rings. The van der Waals surface area contributed by atoms with Crippen LogP contribution in [0, 0.1) is 22.7 Å². The highest BCUT2D eigenvalue weighted by Gasteiger charge is 2.33. The van der Waals surface area contributed by atoms with Gasteiger partial charge < -0.3 is 10.0 Å². The zero-order valence-electron chi connectivity index (χ0n) is 13.7. The van der Waals surface area contributed by atoms with Crippen LogP contribution in [0.4, 0.5) is 0 Å². The van der Waals surface area contributed by atoms with Gasteiger partial charge in [-0.05, 0) is 31.5 Å². The van der Waals surface area contributed by atoms with Crippen molar-refractivity contribution in [1.82, 2.24) is 15.1 Å². The molecule has 0 radical (unpaired) electrons. The lowest BCUT2D eigenvalue weighted by atomic mass is 9.80. The fraction of sp³-hybridized carbons (Fsp3) is 0.222. The Kier molecular flexibility index (Phi) is 4.00. The molecule has 0 bridgehead atoms. The van der Waals surface area contributed by atoms with E-state index in [0.29, 0.717) is 22.5 Å². The molecule has 3 rings (SSSR count). The van der Waals surface area contributed by atoms with E-state index < -0.39 is 11.9 Å². The third-order valence-electron chi connectivity index (χ3n) is 4.50. The van der Waals surface area contributed by atoms with Gasteiger partial charge in [-0.15, -0.1) is 0 Å². The van der Waals surface area contributed by atoms with Gasteiger partial charge in [0.15, 0.2) is 0 Å². The lowest BCUT2D eigenvalue weighted by Crippen LogP contribution is -2.33. The van der Waals surface area contributed by atoms with Gasteiger partial charge in [0.1, 0.15) is 6.54 Å². The number of aromatic nitrogens is 2. The molecule has 0 aliphatic carbocycles. The first-order chi connectivity index (χ1) is 12.0. The van der Waals surface area contributed by atoms with Crippen LogP contribution in [0.25, 0.3) is 10.9 Å². The number of carboxylic acids is 1. The molecule has 0 unspecified atom stereocenters. The molecule has 25 heavy (non-hydrogen) atoms. The highest BCUT2D eigenvalue weighted by molar-refractivity contribution is 5.79. The van der Waals surface area contributed by atoms with E-state index in [1.165, 1.54) is 4.90 Å². The Labute approximate surface area is 144 Å². The van der Waals surface area contributed by atoms with Gasteiger partial charge in [-0.3, -0.25) is 9.89 Å². The normalized spacial score (nSPS) is 15.4. The fourth-order valence-corrected chi connectivity index (χ4v) is 3.24. The molecular weight excluding hydrogens is 318 g/mol. The Morgan fingerprint density at radius 1 is 1.28 bits per heavy atom. The number of H-pyrrole nitrogens is 1. The summed E-state index contributed by atoms with van der Waals surface area (Å²) in [6.07, 6.45) is 1.68. The van der Waals surface area contributed by atoms with Crippen molar-refractivity contribution in [3.8, 4) is 12.1 Å². The second-order valence-electron chi connectivity index (χ2n) is 5.85. The van der Waals surface area contributed by atoms with Crippen LogP contribution in [-0.2, 0) is 4.79 Å². The Bertz CT molecular complexity index is 978. The second-order valence-corrected chi connectivity index (χ2v) is 5.85. The van der Waals surface area contributed by atoms with E-state index in [1.54, 1.807) is 20.0 Å². The van der Waals surface area contributed by atoms with Crippen LogP contribution in [0.5, 0.6) is 0 Å². The van der Waals surface area contributed by atoms with Crippen molar-refractivity contribution in [2.45, 2.75) is 19.8 Å². The van der Waals surface area contributed by atoms with Crippen molar-refractivity contribution in [3.63, 3.8) is 0 Å². The quantitative estimate of drug-likeness (QED) is 0.891. The number of fused-ring (bicyclic) bond motifs is 1. The molecule has 0 atom stereocenters. The summed E-state index contributed by atoms with van der Waals surface area (Å²) in [7, 11) is 0. The van der Waals surface area contributed by atoms with Crippen molar-refractivity contribution in [2.24, 2.45) is 0 Å². The lowest BCUT2D eigenvalue weighted by Gasteiger charge is -2.34. The smallest absolute Gasteiger partial charge is 0.323 e. The molecule has 124 valence electrons. The van der Waals surface area contributed by atoms with Gasteiger partial charge in [0.2, 0.25) is 0 Å². The van der Waals surface area contributed by atoms with E-state index in [4.69, 9.17) is 5.11 Å². The maximum absolute atomic E-state index is 11.2. The summed E-state index contributed by atoms with van der Waals surface area (Å²) in [4.78, 5) is 12.7. The van der Waals surface area contributed by atoms with E-state index in [-0.39, 0.29) is 6.54 Å². The highest BCUT2D eigenvalue weighted by Crippen LogP contribution is 2.41. The number of hydrogen-bond acceptors (Lipinski definition) is 5. The van der Waals surface area contributed by atoms with Crippen molar-refractivity contribution < 1.29 is 9.90 Å². The molecule has 0 saturated heterocycles. The average Bonchev–Trinajstić information content (AvgIpc) is 3.05. The van der Waals surface area contributed by atoms with Gasteiger partial charge in [0.25, 0.3) is 0 Å². The monoisotopic (exact) mass is 333 g/mol. The van der Waals surface area contributed by atoms with Gasteiger partial charge in [-0.25, -0.2) is 0 Å². The van der Waals surface area contributed by atoms with E-state index >= 15 is 0 Å². The Morgan fingerprint density at radius 2 is 1.92 bits per heavy atom. The minimum atomic E-state index is -1.02. The summed E-state index contributed by atoms with van der Waals surface area (Å²) in [5, 5.41) is 36.2. The minimum Gasteiger partial charge on any atom is -0.480 e. The molecule has 1 aliphatic heterocycles. The fourth-order valence-electron chi connectivity index (χ4n) is 3.24.